The molecule has 0 N–H and O–H groups in total. The first-order chi connectivity index (χ1) is 6.68. The number of hydrogen-bond acceptors (Lipinski definition) is 0. The minimum atomic E-state index is -1.92. The zero-order valence-electron chi connectivity index (χ0n) is 7.64. The van der Waals surface area contributed by atoms with Crippen LogP contribution >= 0.6 is 27.9 Å². The van der Waals surface area contributed by atoms with Gasteiger partial charge in [0.2, 0.25) is 0 Å². The summed E-state index contributed by atoms with van der Waals surface area (Å²) in [5.41, 5.74) is 0. The van der Waals surface area contributed by atoms with Crippen LogP contribution in [0.1, 0.15) is 19.3 Å². The molecule has 5 radical (unpaired) electrons. The molecule has 2 bridgehead atoms. The van der Waals surface area contributed by atoms with Crippen LogP contribution in [0.4, 0.5) is 0 Å². The molecule has 2 atom stereocenters. The fraction of sp³-hybridized carbons (Fsp3) is 0.500. The SMILES string of the molecule is [CH]1[CH][C]2[C]([CH]1)C1CCC2C1.[Cl][Ti]([Cl])[Cl]. The molecule has 0 amide bonds. The van der Waals surface area contributed by atoms with E-state index in [1.165, 1.54) is 19.3 Å². The van der Waals surface area contributed by atoms with Crippen LogP contribution in [0.3, 0.4) is 0 Å². The second-order valence-electron chi connectivity index (χ2n) is 3.86. The van der Waals surface area contributed by atoms with Crippen molar-refractivity contribution in [1.29, 1.82) is 0 Å². The summed E-state index contributed by atoms with van der Waals surface area (Å²) >= 11 is -1.92. The molecular weight excluding hydrogens is 274 g/mol. The van der Waals surface area contributed by atoms with Crippen molar-refractivity contribution in [3.63, 3.8) is 0 Å². The Hall–Kier alpha value is 1.58. The second kappa shape index (κ2) is 5.28. The third-order valence-corrected chi connectivity index (χ3v) is 3.20. The number of halogens is 3. The molecule has 0 aliphatic heterocycles. The average molecular weight is 285 g/mol. The molecule has 3 fully saturated rings. The molecule has 0 aromatic heterocycles. The van der Waals surface area contributed by atoms with Crippen molar-refractivity contribution < 1.29 is 14.7 Å². The van der Waals surface area contributed by atoms with Gasteiger partial charge in [-0.15, -0.1) is 0 Å². The van der Waals surface area contributed by atoms with E-state index in [0.717, 1.165) is 11.8 Å². The van der Waals surface area contributed by atoms with Crippen molar-refractivity contribution >= 4 is 27.9 Å². The van der Waals surface area contributed by atoms with E-state index in [2.05, 4.69) is 19.3 Å². The van der Waals surface area contributed by atoms with Crippen LogP contribution in [0.5, 0.6) is 0 Å². The minimum absolute atomic E-state index is 0.954. The summed E-state index contributed by atoms with van der Waals surface area (Å²) in [7, 11) is 14.9. The molecule has 3 aliphatic rings. The van der Waals surface area contributed by atoms with Crippen molar-refractivity contribution in [3.8, 4) is 0 Å². The summed E-state index contributed by atoms with van der Waals surface area (Å²) < 4.78 is 0. The van der Waals surface area contributed by atoms with Crippen LogP contribution in [0.15, 0.2) is 0 Å². The first-order valence-corrected chi connectivity index (χ1v) is 11.2. The van der Waals surface area contributed by atoms with Gasteiger partial charge in [-0.3, -0.25) is 0 Å². The van der Waals surface area contributed by atoms with E-state index in [1.54, 1.807) is 11.8 Å². The van der Waals surface area contributed by atoms with Gasteiger partial charge in [-0.25, -0.2) is 0 Å². The van der Waals surface area contributed by atoms with Crippen molar-refractivity contribution in [2.45, 2.75) is 19.3 Å². The van der Waals surface area contributed by atoms with E-state index in [9.17, 15) is 0 Å². The molecule has 3 saturated carbocycles. The molecule has 0 aromatic carbocycles. The van der Waals surface area contributed by atoms with Crippen LogP contribution in [-0.2, 0) is 14.7 Å². The van der Waals surface area contributed by atoms with E-state index >= 15 is 0 Å². The standard InChI is InChI=1S/C10H11.3ClH.Ti/c1-2-9-7-4-5-8(6-7)10(9)3-1;;;;/h1-3,7-8H,4-6H2;3*1H;/q;;;;+3/p-3. The van der Waals surface area contributed by atoms with Gasteiger partial charge < -0.3 is 0 Å². The fourth-order valence-corrected chi connectivity index (χ4v) is 2.74. The van der Waals surface area contributed by atoms with E-state index in [4.69, 9.17) is 27.9 Å². The summed E-state index contributed by atoms with van der Waals surface area (Å²) in [5.74, 6) is 5.26. The molecule has 0 heterocycles. The molecular formula is C10H11Cl3Ti. The van der Waals surface area contributed by atoms with Gasteiger partial charge in [-0.1, -0.05) is 0 Å². The van der Waals surface area contributed by atoms with Crippen molar-refractivity contribution in [3.05, 3.63) is 31.1 Å². The van der Waals surface area contributed by atoms with Crippen LogP contribution in [0, 0.1) is 42.9 Å². The topological polar surface area (TPSA) is 0 Å². The Morgan fingerprint density at radius 1 is 1.00 bits per heavy atom. The molecule has 4 heteroatoms. The Morgan fingerprint density at radius 3 is 1.86 bits per heavy atom. The van der Waals surface area contributed by atoms with E-state index in [0.29, 0.717) is 0 Å². The fourth-order valence-electron chi connectivity index (χ4n) is 2.74. The van der Waals surface area contributed by atoms with Gasteiger partial charge in [0.25, 0.3) is 0 Å². The normalized spacial score (nSPS) is 35.4. The molecule has 76 valence electrons. The summed E-state index contributed by atoms with van der Waals surface area (Å²) in [6, 6.07) is 0. The van der Waals surface area contributed by atoms with Crippen molar-refractivity contribution in [2.24, 2.45) is 11.8 Å². The van der Waals surface area contributed by atoms with Gasteiger partial charge in [0.15, 0.2) is 0 Å². The van der Waals surface area contributed by atoms with E-state index in [-0.39, 0.29) is 0 Å². The maximum absolute atomic E-state index is 4.97. The van der Waals surface area contributed by atoms with Gasteiger partial charge in [0.05, 0.1) is 0 Å². The summed E-state index contributed by atoms with van der Waals surface area (Å²) in [4.78, 5) is 0. The second-order valence-corrected chi connectivity index (χ2v) is 11.6. The monoisotopic (exact) mass is 284 g/mol. The van der Waals surface area contributed by atoms with Gasteiger partial charge in [-0.05, 0) is 62.2 Å². The molecule has 0 aromatic rings. The van der Waals surface area contributed by atoms with Gasteiger partial charge in [0, 0.05) is 0 Å². The molecule has 0 nitrogen and oxygen atoms in total. The van der Waals surface area contributed by atoms with Crippen LogP contribution in [0.2, 0.25) is 0 Å². The molecule has 3 aliphatic carbocycles. The van der Waals surface area contributed by atoms with Crippen LogP contribution in [0.25, 0.3) is 0 Å². The quantitative estimate of drug-likeness (QED) is 0.583. The molecule has 14 heavy (non-hydrogen) atoms. The Balaban J connectivity index is 0.000000165. The van der Waals surface area contributed by atoms with Crippen LogP contribution < -0.4 is 0 Å². The Bertz CT molecular complexity index is 179. The number of hydrogen-bond donors (Lipinski definition) is 0. The third kappa shape index (κ3) is 2.63. The average Bonchev–Trinajstić information content (AvgIpc) is 2.76. The molecule has 0 saturated heterocycles. The zero-order chi connectivity index (χ0) is 10.1. The number of fused-ring (bicyclic) bond motifs is 5. The Kier molecular flexibility index (Phi) is 4.54. The van der Waals surface area contributed by atoms with Crippen LogP contribution in [-0.4, -0.2) is 0 Å². The van der Waals surface area contributed by atoms with E-state index in [1.807, 2.05) is 0 Å². The van der Waals surface area contributed by atoms with Gasteiger partial charge >= 0.3 is 42.6 Å². The van der Waals surface area contributed by atoms with Gasteiger partial charge in [0.1, 0.15) is 0 Å². The number of rotatable bonds is 0. The molecule has 0 spiro atoms. The Labute approximate surface area is 104 Å². The first-order valence-electron chi connectivity index (χ1n) is 4.77. The molecule has 3 rings (SSSR count). The van der Waals surface area contributed by atoms with Gasteiger partial charge in [-0.2, -0.15) is 0 Å². The Morgan fingerprint density at radius 2 is 1.43 bits per heavy atom. The maximum atomic E-state index is 4.97. The summed E-state index contributed by atoms with van der Waals surface area (Å²) in [6.45, 7) is 0. The predicted molar refractivity (Wildman–Crippen MR) is 57.8 cm³/mol. The predicted octanol–water partition coefficient (Wildman–Crippen LogP) is 4.26. The van der Waals surface area contributed by atoms with Crippen molar-refractivity contribution in [2.75, 3.05) is 0 Å². The van der Waals surface area contributed by atoms with Crippen molar-refractivity contribution in [1.82, 2.24) is 0 Å². The van der Waals surface area contributed by atoms with E-state index < -0.39 is 14.7 Å². The summed E-state index contributed by atoms with van der Waals surface area (Å²) in [5, 5.41) is 0. The third-order valence-electron chi connectivity index (χ3n) is 3.20. The zero-order valence-corrected chi connectivity index (χ0v) is 11.5. The molecule has 2 unspecified atom stereocenters. The summed E-state index contributed by atoms with van der Waals surface area (Å²) in [6.07, 6.45) is 11.2. The first kappa shape index (κ1) is 12.1.